The van der Waals surface area contributed by atoms with Crippen molar-refractivity contribution in [3.05, 3.63) is 35.1 Å². The van der Waals surface area contributed by atoms with Gasteiger partial charge in [-0.3, -0.25) is 0 Å². The van der Waals surface area contributed by atoms with Gasteiger partial charge in [-0.05, 0) is 68.1 Å². The molecule has 5 heteroatoms. The Morgan fingerprint density at radius 2 is 1.81 bits per heavy atom. The molecule has 2 aliphatic carbocycles. The Morgan fingerprint density at radius 3 is 2.43 bits per heavy atom. The molecule has 1 aromatic rings. The molecule has 1 aromatic carbocycles. The summed E-state index contributed by atoms with van der Waals surface area (Å²) in [5, 5.41) is 10.8. The van der Waals surface area contributed by atoms with Crippen molar-refractivity contribution in [2.45, 2.75) is 50.3 Å². The molecule has 2 unspecified atom stereocenters. The van der Waals surface area contributed by atoms with Crippen molar-refractivity contribution in [2.75, 3.05) is 0 Å². The lowest BCUT2D eigenvalue weighted by Crippen LogP contribution is -2.33. The summed E-state index contributed by atoms with van der Waals surface area (Å²) in [4.78, 5) is 0. The average Bonchev–Trinajstić information content (AvgIpc) is 3.22. The number of hydrogen-bond donors (Lipinski definition) is 1. The Morgan fingerprint density at radius 1 is 1.10 bits per heavy atom. The lowest BCUT2D eigenvalue weighted by atomic mass is 9.72. The van der Waals surface area contributed by atoms with Crippen molar-refractivity contribution >= 4 is 0 Å². The van der Waals surface area contributed by atoms with Gasteiger partial charge in [0.05, 0.1) is 11.2 Å². The van der Waals surface area contributed by atoms with Gasteiger partial charge in [0.2, 0.25) is 0 Å². The second-order valence-corrected chi connectivity index (χ2v) is 6.42. The van der Waals surface area contributed by atoms with Gasteiger partial charge in [0.15, 0.2) is 0 Å². The first kappa shape index (κ1) is 14.8. The summed E-state index contributed by atoms with van der Waals surface area (Å²) in [6.07, 6.45) is 0.327. The van der Waals surface area contributed by atoms with E-state index in [0.717, 1.165) is 37.8 Å². The molecule has 3 rings (SSSR count). The van der Waals surface area contributed by atoms with Crippen molar-refractivity contribution in [1.29, 1.82) is 0 Å². The van der Waals surface area contributed by atoms with Crippen molar-refractivity contribution in [3.63, 3.8) is 0 Å². The third-order valence-corrected chi connectivity index (χ3v) is 4.86. The van der Waals surface area contributed by atoms with Gasteiger partial charge in [-0.1, -0.05) is 6.07 Å². The fourth-order valence-electron chi connectivity index (χ4n) is 3.56. The van der Waals surface area contributed by atoms with Crippen LogP contribution in [-0.2, 0) is 11.8 Å². The van der Waals surface area contributed by atoms with Crippen LogP contribution >= 0.6 is 0 Å². The van der Waals surface area contributed by atoms with Crippen molar-refractivity contribution < 1.29 is 22.7 Å². The van der Waals surface area contributed by atoms with E-state index in [0.29, 0.717) is 24.7 Å². The van der Waals surface area contributed by atoms with E-state index in [1.807, 2.05) is 0 Å². The monoisotopic (exact) mass is 302 g/mol. The number of halogens is 4. The van der Waals surface area contributed by atoms with Crippen LogP contribution in [0.1, 0.15) is 49.7 Å². The van der Waals surface area contributed by atoms with Crippen molar-refractivity contribution in [3.8, 4) is 0 Å². The summed E-state index contributed by atoms with van der Waals surface area (Å²) in [7, 11) is 0. The maximum absolute atomic E-state index is 13.4. The number of hydrogen-bond acceptors (Lipinski definition) is 1. The van der Waals surface area contributed by atoms with Gasteiger partial charge in [0, 0.05) is 0 Å². The number of aliphatic hydroxyl groups is 1. The first-order valence-electron chi connectivity index (χ1n) is 7.39. The predicted molar refractivity (Wildman–Crippen MR) is 70.0 cm³/mol. The van der Waals surface area contributed by atoms with Crippen LogP contribution in [0.4, 0.5) is 17.6 Å². The minimum atomic E-state index is -4.74. The maximum Gasteiger partial charge on any atom is 0.419 e. The molecule has 2 aliphatic rings. The molecule has 2 atom stereocenters. The Kier molecular flexibility index (Phi) is 3.51. The second kappa shape index (κ2) is 4.97. The van der Waals surface area contributed by atoms with E-state index in [9.17, 15) is 22.7 Å². The molecule has 0 amide bonds. The van der Waals surface area contributed by atoms with Crippen LogP contribution in [0.3, 0.4) is 0 Å². The molecule has 116 valence electrons. The predicted octanol–water partition coefficient (Wildman–Crippen LogP) is 4.63. The van der Waals surface area contributed by atoms with Gasteiger partial charge in [0.25, 0.3) is 0 Å². The molecule has 0 heterocycles. The fourth-order valence-corrected chi connectivity index (χ4v) is 3.56. The van der Waals surface area contributed by atoms with Crippen molar-refractivity contribution in [1.82, 2.24) is 0 Å². The Labute approximate surface area is 121 Å². The third-order valence-electron chi connectivity index (χ3n) is 4.86. The van der Waals surface area contributed by atoms with Gasteiger partial charge in [0.1, 0.15) is 5.82 Å². The highest BCUT2D eigenvalue weighted by Gasteiger charge is 2.43. The van der Waals surface area contributed by atoms with E-state index in [1.54, 1.807) is 0 Å². The zero-order valence-corrected chi connectivity index (χ0v) is 11.6. The highest BCUT2D eigenvalue weighted by atomic mass is 19.4. The fraction of sp³-hybridized carbons (Fsp3) is 0.625. The van der Waals surface area contributed by atoms with Crippen LogP contribution < -0.4 is 0 Å². The quantitative estimate of drug-likeness (QED) is 0.790. The van der Waals surface area contributed by atoms with Gasteiger partial charge in [-0.2, -0.15) is 13.2 Å². The molecule has 0 aromatic heterocycles. The molecule has 2 fully saturated rings. The van der Waals surface area contributed by atoms with E-state index in [-0.39, 0.29) is 5.56 Å². The summed E-state index contributed by atoms with van der Waals surface area (Å²) in [5.74, 6) is -0.299. The summed E-state index contributed by atoms with van der Waals surface area (Å²) < 4.78 is 51.8. The number of benzene rings is 1. The highest BCUT2D eigenvalue weighted by Crippen LogP contribution is 2.50. The molecule has 0 radical (unpaired) electrons. The van der Waals surface area contributed by atoms with E-state index in [1.165, 1.54) is 6.07 Å². The van der Waals surface area contributed by atoms with E-state index in [2.05, 4.69) is 0 Å². The summed E-state index contributed by atoms with van der Waals surface area (Å²) in [6.45, 7) is 0. The van der Waals surface area contributed by atoms with Gasteiger partial charge in [-0.15, -0.1) is 0 Å². The van der Waals surface area contributed by atoms with Crippen LogP contribution in [0.5, 0.6) is 0 Å². The standard InChI is InChI=1S/C16H18F4O/c17-14-6-5-12(8-13(14)16(18,19)20)15(21)7-1-2-11(9-15)10-3-4-10/h5-6,8,10-11,21H,1-4,7,9H2. The molecule has 1 N–H and O–H groups in total. The lowest BCUT2D eigenvalue weighted by Gasteiger charge is -2.37. The average molecular weight is 302 g/mol. The Bertz CT molecular complexity index is 536. The molecule has 0 aliphatic heterocycles. The molecule has 0 spiro atoms. The van der Waals surface area contributed by atoms with Crippen LogP contribution in [-0.4, -0.2) is 5.11 Å². The largest absolute Gasteiger partial charge is 0.419 e. The normalized spacial score (nSPS) is 30.4. The first-order valence-corrected chi connectivity index (χ1v) is 7.39. The van der Waals surface area contributed by atoms with Gasteiger partial charge in [-0.25, -0.2) is 4.39 Å². The van der Waals surface area contributed by atoms with Gasteiger partial charge < -0.3 is 5.11 Å². The molecule has 0 bridgehead atoms. The molecule has 1 nitrogen and oxygen atoms in total. The van der Waals surface area contributed by atoms with Gasteiger partial charge >= 0.3 is 6.18 Å². The SMILES string of the molecule is OC1(c2ccc(F)c(C(F)(F)F)c2)CCCC(C2CC2)C1. The van der Waals surface area contributed by atoms with Crippen LogP contribution in [0, 0.1) is 17.7 Å². The summed E-state index contributed by atoms with van der Waals surface area (Å²) in [5.41, 5.74) is -2.34. The summed E-state index contributed by atoms with van der Waals surface area (Å²) in [6, 6.07) is 2.89. The third kappa shape index (κ3) is 2.93. The highest BCUT2D eigenvalue weighted by molar-refractivity contribution is 5.31. The smallest absolute Gasteiger partial charge is 0.385 e. The molecule has 2 saturated carbocycles. The summed E-state index contributed by atoms with van der Waals surface area (Å²) >= 11 is 0. The second-order valence-electron chi connectivity index (χ2n) is 6.42. The zero-order chi connectivity index (χ0) is 15.3. The van der Waals surface area contributed by atoms with E-state index in [4.69, 9.17) is 0 Å². The van der Waals surface area contributed by atoms with Crippen LogP contribution in [0.25, 0.3) is 0 Å². The minimum Gasteiger partial charge on any atom is -0.385 e. The van der Waals surface area contributed by atoms with E-state index < -0.39 is 23.2 Å². The molecule has 0 saturated heterocycles. The Balaban J connectivity index is 1.91. The zero-order valence-electron chi connectivity index (χ0n) is 11.6. The van der Waals surface area contributed by atoms with E-state index >= 15 is 0 Å². The first-order chi connectivity index (χ1) is 9.79. The number of alkyl halides is 3. The van der Waals surface area contributed by atoms with Crippen LogP contribution in [0.15, 0.2) is 18.2 Å². The van der Waals surface area contributed by atoms with Crippen molar-refractivity contribution in [2.24, 2.45) is 11.8 Å². The topological polar surface area (TPSA) is 20.2 Å². The molecular weight excluding hydrogens is 284 g/mol. The minimum absolute atomic E-state index is 0.196. The number of rotatable bonds is 2. The Hall–Kier alpha value is -1.10. The van der Waals surface area contributed by atoms with Crippen LogP contribution in [0.2, 0.25) is 0 Å². The lowest BCUT2D eigenvalue weighted by molar-refractivity contribution is -0.140. The maximum atomic E-state index is 13.4. The molecular formula is C16H18F4O. The molecule has 21 heavy (non-hydrogen) atoms.